The number of urea groups is 1. The van der Waals surface area contributed by atoms with Crippen molar-refractivity contribution in [2.24, 2.45) is 10.9 Å². The Morgan fingerprint density at radius 3 is 2.42 bits per heavy atom. The van der Waals surface area contributed by atoms with E-state index in [0.717, 1.165) is 0 Å². The molecular formula is C5H3F3N2O2. The van der Waals surface area contributed by atoms with Crippen LogP contribution in [0.3, 0.4) is 0 Å². The lowest BCUT2D eigenvalue weighted by atomic mass is 10.1. The van der Waals surface area contributed by atoms with Gasteiger partial charge >= 0.3 is 12.2 Å². The van der Waals surface area contributed by atoms with Gasteiger partial charge in [0.25, 0.3) is 0 Å². The van der Waals surface area contributed by atoms with Gasteiger partial charge in [-0.2, -0.15) is 13.2 Å². The first-order chi connectivity index (χ1) is 5.41. The molecule has 7 heteroatoms. The maximum Gasteiger partial charge on any atom is 0.405 e. The number of carbonyl (C=O) groups is 2. The number of rotatable bonds is 0. The van der Waals surface area contributed by atoms with E-state index in [4.69, 9.17) is 0 Å². The van der Waals surface area contributed by atoms with Gasteiger partial charge in [-0.05, 0) is 0 Å². The van der Waals surface area contributed by atoms with Crippen molar-refractivity contribution in [3.63, 3.8) is 0 Å². The number of carbonyl (C=O) groups excluding carboxylic acids is 2. The van der Waals surface area contributed by atoms with Gasteiger partial charge in [0.05, 0.1) is 0 Å². The number of imide groups is 1. The van der Waals surface area contributed by atoms with Gasteiger partial charge in [0.1, 0.15) is 0 Å². The van der Waals surface area contributed by atoms with Gasteiger partial charge < -0.3 is 0 Å². The minimum absolute atomic E-state index is 0.293. The molecule has 0 bridgehead atoms. The van der Waals surface area contributed by atoms with Gasteiger partial charge in [-0.3, -0.25) is 10.1 Å². The molecule has 0 saturated carbocycles. The van der Waals surface area contributed by atoms with E-state index in [1.54, 1.807) is 0 Å². The van der Waals surface area contributed by atoms with E-state index in [2.05, 4.69) is 4.99 Å². The molecule has 0 aliphatic carbocycles. The van der Waals surface area contributed by atoms with Gasteiger partial charge in [-0.1, -0.05) is 0 Å². The highest BCUT2D eigenvalue weighted by Crippen LogP contribution is 2.25. The van der Waals surface area contributed by atoms with Crippen LogP contribution in [0.2, 0.25) is 0 Å². The fraction of sp³-hybridized carbons (Fsp3) is 0.400. The molecule has 0 aromatic carbocycles. The van der Waals surface area contributed by atoms with E-state index in [1.807, 2.05) is 0 Å². The summed E-state index contributed by atoms with van der Waals surface area (Å²) in [4.78, 5) is 23.6. The third kappa shape index (κ3) is 1.60. The zero-order chi connectivity index (χ0) is 9.35. The maximum absolute atomic E-state index is 11.9. The Labute approximate surface area is 64.5 Å². The van der Waals surface area contributed by atoms with Crippen LogP contribution >= 0.6 is 0 Å². The van der Waals surface area contributed by atoms with E-state index >= 15 is 0 Å². The van der Waals surface area contributed by atoms with E-state index in [1.165, 1.54) is 5.32 Å². The Kier molecular flexibility index (Phi) is 1.87. The molecule has 12 heavy (non-hydrogen) atoms. The van der Waals surface area contributed by atoms with Crippen molar-refractivity contribution in [3.05, 3.63) is 0 Å². The number of amides is 3. The number of nitrogens with one attached hydrogen (secondary N) is 1. The van der Waals surface area contributed by atoms with Crippen LogP contribution in [-0.2, 0) is 4.79 Å². The highest BCUT2D eigenvalue weighted by molar-refractivity contribution is 6.09. The van der Waals surface area contributed by atoms with Gasteiger partial charge in [0, 0.05) is 6.21 Å². The highest BCUT2D eigenvalue weighted by Gasteiger charge is 2.45. The summed E-state index contributed by atoms with van der Waals surface area (Å²) in [5, 5.41) is 1.44. The largest absolute Gasteiger partial charge is 0.405 e. The van der Waals surface area contributed by atoms with Crippen molar-refractivity contribution in [2.75, 3.05) is 0 Å². The van der Waals surface area contributed by atoms with E-state index in [-0.39, 0.29) is 0 Å². The summed E-state index contributed by atoms with van der Waals surface area (Å²) >= 11 is 0. The fourth-order valence-corrected chi connectivity index (χ4v) is 0.659. The molecule has 0 spiro atoms. The molecule has 1 heterocycles. The van der Waals surface area contributed by atoms with Crippen LogP contribution in [0, 0.1) is 5.92 Å². The summed E-state index contributed by atoms with van der Waals surface area (Å²) in [6, 6.07) is -1.07. The van der Waals surface area contributed by atoms with Crippen LogP contribution in [-0.4, -0.2) is 24.3 Å². The van der Waals surface area contributed by atoms with E-state index < -0.39 is 24.0 Å². The molecule has 66 valence electrons. The van der Waals surface area contributed by atoms with Gasteiger partial charge in [-0.15, -0.1) is 0 Å². The van der Waals surface area contributed by atoms with Crippen LogP contribution in [0.5, 0.6) is 0 Å². The summed E-state index contributed by atoms with van der Waals surface area (Å²) in [6.07, 6.45) is -4.39. The molecule has 3 amide bonds. The molecule has 0 aromatic heterocycles. The number of hydrogen-bond donors (Lipinski definition) is 1. The molecule has 1 atom stereocenters. The maximum atomic E-state index is 11.9. The number of nitrogens with zero attached hydrogens (tertiary/aromatic N) is 1. The predicted molar refractivity (Wildman–Crippen MR) is 31.6 cm³/mol. The van der Waals surface area contributed by atoms with Crippen LogP contribution < -0.4 is 5.32 Å². The highest BCUT2D eigenvalue weighted by atomic mass is 19.4. The number of hydrogen-bond acceptors (Lipinski definition) is 2. The summed E-state index contributed by atoms with van der Waals surface area (Å²) in [7, 11) is 0. The van der Waals surface area contributed by atoms with Crippen molar-refractivity contribution in [1.29, 1.82) is 0 Å². The average molecular weight is 180 g/mol. The zero-order valence-electron chi connectivity index (χ0n) is 5.55. The van der Waals surface area contributed by atoms with Crippen LogP contribution in [0.1, 0.15) is 0 Å². The monoisotopic (exact) mass is 180 g/mol. The first-order valence-electron chi connectivity index (χ1n) is 2.87. The number of halogens is 3. The Morgan fingerprint density at radius 1 is 1.42 bits per heavy atom. The predicted octanol–water partition coefficient (Wildman–Crippen LogP) is 0.485. The van der Waals surface area contributed by atoms with Crippen LogP contribution in [0.15, 0.2) is 4.99 Å². The van der Waals surface area contributed by atoms with Crippen molar-refractivity contribution < 1.29 is 22.8 Å². The summed E-state index contributed by atoms with van der Waals surface area (Å²) in [5.41, 5.74) is 0. The Morgan fingerprint density at radius 2 is 2.00 bits per heavy atom. The van der Waals surface area contributed by atoms with E-state index in [9.17, 15) is 22.8 Å². The molecule has 1 N–H and O–H groups in total. The minimum atomic E-state index is -4.69. The number of alkyl halides is 3. The van der Waals surface area contributed by atoms with Crippen molar-refractivity contribution >= 4 is 18.2 Å². The second kappa shape index (κ2) is 2.58. The first kappa shape index (κ1) is 8.69. The topological polar surface area (TPSA) is 58.5 Å². The molecule has 0 saturated heterocycles. The minimum Gasteiger partial charge on any atom is -0.275 e. The third-order valence-electron chi connectivity index (χ3n) is 1.21. The molecule has 0 radical (unpaired) electrons. The Bertz CT molecular complexity index is 258. The van der Waals surface area contributed by atoms with Crippen LogP contribution in [0.4, 0.5) is 18.0 Å². The molecule has 4 nitrogen and oxygen atoms in total. The molecule has 1 aliphatic heterocycles. The Balaban J connectivity index is 2.87. The second-order valence-electron chi connectivity index (χ2n) is 2.09. The van der Waals surface area contributed by atoms with Gasteiger partial charge in [-0.25, -0.2) is 9.79 Å². The molecule has 0 aromatic rings. The van der Waals surface area contributed by atoms with Gasteiger partial charge in [0.15, 0.2) is 5.92 Å². The molecule has 1 aliphatic rings. The lowest BCUT2D eigenvalue weighted by molar-refractivity contribution is -0.167. The Hall–Kier alpha value is -1.40. The molecule has 1 unspecified atom stereocenters. The van der Waals surface area contributed by atoms with Crippen molar-refractivity contribution in [2.45, 2.75) is 6.18 Å². The smallest absolute Gasteiger partial charge is 0.275 e. The third-order valence-corrected chi connectivity index (χ3v) is 1.21. The second-order valence-corrected chi connectivity index (χ2v) is 2.09. The van der Waals surface area contributed by atoms with Gasteiger partial charge in [0.2, 0.25) is 5.91 Å². The lowest BCUT2D eigenvalue weighted by Crippen LogP contribution is -2.45. The first-order valence-corrected chi connectivity index (χ1v) is 2.87. The summed E-state index contributed by atoms with van der Waals surface area (Å²) in [5.74, 6) is -3.70. The molecular weight excluding hydrogens is 177 g/mol. The van der Waals surface area contributed by atoms with E-state index in [0.29, 0.717) is 6.21 Å². The van der Waals surface area contributed by atoms with Crippen LogP contribution in [0.25, 0.3) is 0 Å². The lowest BCUT2D eigenvalue weighted by Gasteiger charge is -2.17. The summed E-state index contributed by atoms with van der Waals surface area (Å²) < 4.78 is 35.6. The SMILES string of the molecule is O=C1N=CC(C(F)(F)F)C(=O)N1. The average Bonchev–Trinajstić information content (AvgIpc) is 1.83. The zero-order valence-corrected chi connectivity index (χ0v) is 5.55. The standard InChI is InChI=1S/C5H3F3N2O2/c6-5(7,8)2-1-9-4(12)10-3(2)11/h1-2H,(H,10,11,12). The summed E-state index contributed by atoms with van der Waals surface area (Å²) in [6.45, 7) is 0. The quantitative estimate of drug-likeness (QED) is 0.589. The molecule has 1 rings (SSSR count). The van der Waals surface area contributed by atoms with Crippen molar-refractivity contribution in [3.8, 4) is 0 Å². The fourth-order valence-electron chi connectivity index (χ4n) is 0.659. The van der Waals surface area contributed by atoms with Crippen molar-refractivity contribution in [1.82, 2.24) is 5.32 Å². The normalized spacial score (nSPS) is 24.1. The molecule has 0 fully saturated rings. The number of aliphatic imine (C=N–C) groups is 1.